The van der Waals surface area contributed by atoms with Crippen LogP contribution < -0.4 is 16.2 Å². The van der Waals surface area contributed by atoms with Crippen molar-refractivity contribution < 1.29 is 0 Å². The number of pyridine rings is 1. The van der Waals surface area contributed by atoms with Gasteiger partial charge in [0.05, 0.1) is 5.69 Å². The molecule has 27 heavy (non-hydrogen) atoms. The Bertz CT molecular complexity index is 1120. The van der Waals surface area contributed by atoms with Crippen molar-refractivity contribution in [2.24, 2.45) is 0 Å². The number of H-pyrrole nitrogens is 2. The van der Waals surface area contributed by atoms with Crippen molar-refractivity contribution in [3.63, 3.8) is 0 Å². The van der Waals surface area contributed by atoms with Crippen LogP contribution in [-0.2, 0) is 0 Å². The molecule has 0 fully saturated rings. The fourth-order valence-corrected chi connectivity index (χ4v) is 3.04. The number of nitrogens with one attached hydrogen (secondary N) is 2. The highest BCUT2D eigenvalue weighted by Gasteiger charge is 2.13. The van der Waals surface area contributed by atoms with E-state index < -0.39 is 0 Å². The van der Waals surface area contributed by atoms with Gasteiger partial charge >= 0.3 is 0 Å². The zero-order chi connectivity index (χ0) is 18.8. The van der Waals surface area contributed by atoms with Crippen molar-refractivity contribution in [1.29, 1.82) is 0 Å². The average Bonchev–Trinajstić information content (AvgIpc) is 3.22. The Morgan fingerprint density at radius 3 is 2.41 bits per heavy atom. The number of hydrogen-bond donors (Lipinski definition) is 3. The largest absolute Gasteiger partial charge is 0.397 e. The number of nitrogens with zero attached hydrogens (tertiary/aromatic N) is 4. The maximum atomic E-state index is 12.1. The fraction of sp³-hybridized carbons (Fsp3) is 0.0526. The molecule has 2 aromatic carbocycles. The summed E-state index contributed by atoms with van der Waals surface area (Å²) in [7, 11) is 1.81. The molecule has 4 aromatic rings. The van der Waals surface area contributed by atoms with E-state index in [1.54, 1.807) is 11.0 Å². The molecule has 4 rings (SSSR count). The molecule has 0 bridgehead atoms. The van der Waals surface area contributed by atoms with Gasteiger partial charge in [0.25, 0.3) is 5.56 Å². The Labute approximate surface area is 154 Å². The van der Waals surface area contributed by atoms with E-state index in [0.717, 1.165) is 22.4 Å². The lowest BCUT2D eigenvalue weighted by molar-refractivity contribution is 0.881. The lowest BCUT2D eigenvalue weighted by Gasteiger charge is -2.20. The van der Waals surface area contributed by atoms with Gasteiger partial charge in [-0.15, -0.1) is 5.10 Å². The highest BCUT2D eigenvalue weighted by atomic mass is 16.1. The Kier molecular flexibility index (Phi) is 4.13. The van der Waals surface area contributed by atoms with Crippen molar-refractivity contribution in [1.82, 2.24) is 25.6 Å². The van der Waals surface area contributed by atoms with E-state index in [9.17, 15) is 4.79 Å². The predicted octanol–water partition coefficient (Wildman–Crippen LogP) is 2.57. The molecule has 8 heteroatoms. The van der Waals surface area contributed by atoms with Crippen molar-refractivity contribution in [2.75, 3.05) is 17.7 Å². The molecule has 0 radical (unpaired) electrons. The first-order valence-corrected chi connectivity index (χ1v) is 8.29. The van der Waals surface area contributed by atoms with Crippen LogP contribution in [0.5, 0.6) is 0 Å². The van der Waals surface area contributed by atoms with Crippen LogP contribution in [0.4, 0.5) is 17.1 Å². The van der Waals surface area contributed by atoms with Gasteiger partial charge in [-0.05, 0) is 39.8 Å². The fourth-order valence-electron chi connectivity index (χ4n) is 3.04. The minimum atomic E-state index is -0.232. The molecule has 2 aromatic heterocycles. The van der Waals surface area contributed by atoms with E-state index in [1.165, 1.54) is 6.20 Å². The monoisotopic (exact) mass is 359 g/mol. The summed E-state index contributed by atoms with van der Waals surface area (Å²) in [4.78, 5) is 16.5. The SMILES string of the molecule is CN(c1ccc(-c2ccccc2-c2nnn[nH]2)cc1)c1c(N)cc[nH]c1=O. The number of nitrogen functional groups attached to an aromatic ring is 1. The number of aromatic nitrogens is 5. The summed E-state index contributed by atoms with van der Waals surface area (Å²) in [5.74, 6) is 0.607. The molecule has 2 heterocycles. The van der Waals surface area contributed by atoms with Gasteiger partial charge in [-0.3, -0.25) is 4.79 Å². The molecule has 0 atom stereocenters. The van der Waals surface area contributed by atoms with E-state index in [4.69, 9.17) is 5.73 Å². The number of benzene rings is 2. The predicted molar refractivity (Wildman–Crippen MR) is 105 cm³/mol. The number of rotatable bonds is 4. The van der Waals surface area contributed by atoms with Crippen LogP contribution in [0, 0.1) is 0 Å². The average molecular weight is 359 g/mol. The third kappa shape index (κ3) is 3.04. The van der Waals surface area contributed by atoms with Crippen LogP contribution in [-0.4, -0.2) is 32.7 Å². The molecule has 0 aliphatic heterocycles. The molecule has 8 nitrogen and oxygen atoms in total. The highest BCUT2D eigenvalue weighted by molar-refractivity contribution is 5.82. The first kappa shape index (κ1) is 16.5. The first-order valence-electron chi connectivity index (χ1n) is 8.29. The molecule has 4 N–H and O–H groups in total. The standard InChI is InChI=1S/C19H17N7O/c1-26(17-16(20)10-11-21-19(17)27)13-8-6-12(7-9-13)14-4-2-3-5-15(14)18-22-24-25-23-18/h2-11H,1H3,(H3,20,21,27)(H,22,23,24,25). The summed E-state index contributed by atoms with van der Waals surface area (Å²) in [5, 5.41) is 14.1. The normalized spacial score (nSPS) is 10.7. The van der Waals surface area contributed by atoms with Gasteiger partial charge in [-0.25, -0.2) is 5.10 Å². The molecule has 0 saturated carbocycles. The molecular formula is C19H17N7O. The number of hydrogen-bond acceptors (Lipinski definition) is 6. The van der Waals surface area contributed by atoms with Gasteiger partial charge in [0, 0.05) is 24.5 Å². The molecular weight excluding hydrogens is 342 g/mol. The highest BCUT2D eigenvalue weighted by Crippen LogP contribution is 2.32. The summed E-state index contributed by atoms with van der Waals surface area (Å²) in [5.41, 5.74) is 10.3. The van der Waals surface area contributed by atoms with Crippen LogP contribution >= 0.6 is 0 Å². The van der Waals surface area contributed by atoms with Crippen LogP contribution in [0.25, 0.3) is 22.5 Å². The van der Waals surface area contributed by atoms with E-state index in [2.05, 4.69) is 25.6 Å². The summed E-state index contributed by atoms with van der Waals surface area (Å²) in [6.07, 6.45) is 1.54. The maximum Gasteiger partial charge on any atom is 0.273 e. The summed E-state index contributed by atoms with van der Waals surface area (Å²) < 4.78 is 0. The van der Waals surface area contributed by atoms with Crippen LogP contribution in [0.2, 0.25) is 0 Å². The van der Waals surface area contributed by atoms with Crippen LogP contribution in [0.15, 0.2) is 65.6 Å². The van der Waals surface area contributed by atoms with Gasteiger partial charge in [0.1, 0.15) is 5.69 Å². The van der Waals surface area contributed by atoms with E-state index in [-0.39, 0.29) is 5.56 Å². The van der Waals surface area contributed by atoms with Gasteiger partial charge in [-0.2, -0.15) is 0 Å². The smallest absolute Gasteiger partial charge is 0.273 e. The third-order valence-electron chi connectivity index (χ3n) is 4.39. The van der Waals surface area contributed by atoms with Gasteiger partial charge in [0.15, 0.2) is 5.82 Å². The Morgan fingerprint density at radius 1 is 1.00 bits per heavy atom. The zero-order valence-electron chi connectivity index (χ0n) is 14.5. The van der Waals surface area contributed by atoms with Crippen molar-refractivity contribution in [3.05, 3.63) is 71.1 Å². The van der Waals surface area contributed by atoms with Crippen LogP contribution in [0.1, 0.15) is 0 Å². The second-order valence-electron chi connectivity index (χ2n) is 6.01. The number of anilines is 3. The first-order chi connectivity index (χ1) is 13.1. The second-order valence-corrected chi connectivity index (χ2v) is 6.01. The molecule has 0 aliphatic rings. The second kappa shape index (κ2) is 6.75. The van der Waals surface area contributed by atoms with Gasteiger partial charge < -0.3 is 15.6 Å². The maximum absolute atomic E-state index is 12.1. The molecule has 0 amide bonds. The molecule has 0 unspecified atom stereocenters. The van der Waals surface area contributed by atoms with Crippen molar-refractivity contribution in [3.8, 4) is 22.5 Å². The van der Waals surface area contributed by atoms with Crippen molar-refractivity contribution in [2.45, 2.75) is 0 Å². The quantitative estimate of drug-likeness (QED) is 0.516. The van der Waals surface area contributed by atoms with Gasteiger partial charge in [-0.1, -0.05) is 36.4 Å². The minimum Gasteiger partial charge on any atom is -0.397 e. The van der Waals surface area contributed by atoms with E-state index in [1.807, 2.05) is 55.6 Å². The Hall–Kier alpha value is -3.94. The number of tetrazole rings is 1. The molecule has 0 aliphatic carbocycles. The lowest BCUT2D eigenvalue weighted by Crippen LogP contribution is -2.21. The van der Waals surface area contributed by atoms with E-state index >= 15 is 0 Å². The third-order valence-corrected chi connectivity index (χ3v) is 4.39. The number of aromatic amines is 2. The molecule has 0 spiro atoms. The summed E-state index contributed by atoms with van der Waals surface area (Å²) in [6, 6.07) is 17.4. The Balaban J connectivity index is 1.71. The van der Waals surface area contributed by atoms with Crippen LogP contribution in [0.3, 0.4) is 0 Å². The zero-order valence-corrected chi connectivity index (χ0v) is 14.5. The minimum absolute atomic E-state index is 0.232. The van der Waals surface area contributed by atoms with E-state index in [0.29, 0.717) is 17.2 Å². The molecule has 0 saturated heterocycles. The summed E-state index contributed by atoms with van der Waals surface area (Å²) in [6.45, 7) is 0. The lowest BCUT2D eigenvalue weighted by atomic mass is 9.99. The van der Waals surface area contributed by atoms with Crippen molar-refractivity contribution >= 4 is 17.1 Å². The topological polar surface area (TPSA) is 117 Å². The summed E-state index contributed by atoms with van der Waals surface area (Å²) >= 11 is 0. The molecule has 134 valence electrons. The van der Waals surface area contributed by atoms with Gasteiger partial charge in [0.2, 0.25) is 0 Å². The number of nitrogens with two attached hydrogens (primary N) is 1. The Morgan fingerprint density at radius 2 is 1.74 bits per heavy atom.